The quantitative estimate of drug-likeness (QED) is 0.598. The molecule has 1 saturated heterocycles. The fraction of sp³-hybridized carbons (Fsp3) is 0.895. The van der Waals surface area contributed by atoms with Gasteiger partial charge in [0.2, 0.25) is 0 Å². The van der Waals surface area contributed by atoms with Gasteiger partial charge in [0.15, 0.2) is 0 Å². The van der Waals surface area contributed by atoms with Crippen molar-refractivity contribution < 1.29 is 0 Å². The maximum absolute atomic E-state index is 3.96. The van der Waals surface area contributed by atoms with E-state index in [2.05, 4.69) is 37.1 Å². The fourth-order valence-electron chi connectivity index (χ4n) is 3.91. The summed E-state index contributed by atoms with van der Waals surface area (Å²) in [6.45, 7) is 10.5. The second-order valence-electron chi connectivity index (χ2n) is 7.56. The molecule has 0 unspecified atom stereocenters. The summed E-state index contributed by atoms with van der Waals surface area (Å²) >= 11 is 0. The normalized spacial score (nSPS) is 24.5. The first-order chi connectivity index (χ1) is 10.1. The van der Waals surface area contributed by atoms with Crippen LogP contribution in [0.1, 0.15) is 72.1 Å². The molecule has 2 nitrogen and oxygen atoms in total. The van der Waals surface area contributed by atoms with Gasteiger partial charge in [0, 0.05) is 18.6 Å². The smallest absolute Gasteiger partial charge is 0.0165 e. The third-order valence-corrected chi connectivity index (χ3v) is 5.45. The minimum atomic E-state index is 0.720. The van der Waals surface area contributed by atoms with E-state index in [9.17, 15) is 0 Å². The van der Waals surface area contributed by atoms with E-state index in [1.807, 2.05) is 0 Å². The van der Waals surface area contributed by atoms with Crippen molar-refractivity contribution in [1.29, 1.82) is 0 Å². The first kappa shape index (κ1) is 17.0. The summed E-state index contributed by atoms with van der Waals surface area (Å²) in [7, 11) is 0. The lowest BCUT2D eigenvalue weighted by atomic mass is 9.91. The van der Waals surface area contributed by atoms with Crippen molar-refractivity contribution in [3.8, 4) is 0 Å². The summed E-state index contributed by atoms with van der Waals surface area (Å²) in [4.78, 5) is 2.60. The molecule has 21 heavy (non-hydrogen) atoms. The molecule has 2 aliphatic rings. The van der Waals surface area contributed by atoms with E-state index in [-0.39, 0.29) is 0 Å². The molecule has 0 aromatic heterocycles. The Morgan fingerprint density at radius 2 is 1.67 bits per heavy atom. The van der Waals surface area contributed by atoms with Crippen LogP contribution in [0.15, 0.2) is 11.6 Å². The molecule has 1 N–H and O–H groups in total. The second kappa shape index (κ2) is 8.95. The molecule has 0 radical (unpaired) electrons. The first-order valence-electron chi connectivity index (χ1n) is 9.27. The van der Waals surface area contributed by atoms with E-state index in [0.29, 0.717) is 0 Å². The number of piperidine rings is 1. The zero-order valence-corrected chi connectivity index (χ0v) is 14.5. The van der Waals surface area contributed by atoms with Crippen LogP contribution >= 0.6 is 0 Å². The number of hydrogen-bond acceptors (Lipinski definition) is 2. The maximum Gasteiger partial charge on any atom is 0.0165 e. The summed E-state index contributed by atoms with van der Waals surface area (Å²) in [5.41, 5.74) is 1.44. The van der Waals surface area contributed by atoms with Crippen molar-refractivity contribution in [2.75, 3.05) is 19.6 Å². The van der Waals surface area contributed by atoms with E-state index in [4.69, 9.17) is 0 Å². The van der Waals surface area contributed by atoms with Crippen LogP contribution < -0.4 is 5.32 Å². The van der Waals surface area contributed by atoms with Gasteiger partial charge in [0.25, 0.3) is 0 Å². The number of likely N-dealkylation sites (tertiary alicyclic amines) is 1. The van der Waals surface area contributed by atoms with Crippen molar-refractivity contribution in [2.24, 2.45) is 5.92 Å². The molecular formula is C19H36N2. The van der Waals surface area contributed by atoms with Gasteiger partial charge in [-0.15, -0.1) is 0 Å². The highest BCUT2D eigenvalue weighted by atomic mass is 15.1. The van der Waals surface area contributed by atoms with Crippen LogP contribution in [0, 0.1) is 5.92 Å². The number of nitrogens with one attached hydrogen (secondary N) is 1. The Bertz CT molecular complexity index is 304. The highest BCUT2D eigenvalue weighted by Gasteiger charge is 2.24. The Balaban J connectivity index is 1.68. The molecule has 1 aliphatic carbocycles. The van der Waals surface area contributed by atoms with Gasteiger partial charge in [-0.2, -0.15) is 0 Å². The Hall–Kier alpha value is -0.340. The summed E-state index contributed by atoms with van der Waals surface area (Å²) in [5.74, 6) is 0.927. The highest BCUT2D eigenvalue weighted by Crippen LogP contribution is 2.26. The van der Waals surface area contributed by atoms with Crippen LogP contribution in [0.3, 0.4) is 0 Å². The SMILES string of the molecule is CC(C)=CCN1CCC(N[C@H](C)C2CCCCCC2)CC1. The summed E-state index contributed by atoms with van der Waals surface area (Å²) in [6, 6.07) is 1.48. The van der Waals surface area contributed by atoms with E-state index in [1.54, 1.807) is 0 Å². The van der Waals surface area contributed by atoms with Crippen molar-refractivity contribution in [3.05, 3.63) is 11.6 Å². The first-order valence-corrected chi connectivity index (χ1v) is 9.27. The Labute approximate surface area is 132 Å². The summed E-state index contributed by atoms with van der Waals surface area (Å²) in [6.07, 6.45) is 13.8. The number of hydrogen-bond donors (Lipinski definition) is 1. The molecule has 2 rings (SSSR count). The molecule has 122 valence electrons. The molecule has 0 aromatic carbocycles. The van der Waals surface area contributed by atoms with E-state index < -0.39 is 0 Å². The zero-order chi connectivity index (χ0) is 15.1. The Kier molecular flexibility index (Phi) is 7.25. The maximum atomic E-state index is 3.96. The van der Waals surface area contributed by atoms with Crippen LogP contribution in [0.25, 0.3) is 0 Å². The van der Waals surface area contributed by atoms with Crippen LogP contribution in [-0.2, 0) is 0 Å². The minimum absolute atomic E-state index is 0.720. The molecule has 1 atom stereocenters. The summed E-state index contributed by atoms with van der Waals surface area (Å²) < 4.78 is 0. The molecule has 0 bridgehead atoms. The van der Waals surface area contributed by atoms with Gasteiger partial charge in [-0.1, -0.05) is 37.3 Å². The van der Waals surface area contributed by atoms with E-state index in [0.717, 1.165) is 24.5 Å². The molecular weight excluding hydrogens is 256 g/mol. The third-order valence-electron chi connectivity index (χ3n) is 5.45. The monoisotopic (exact) mass is 292 g/mol. The summed E-state index contributed by atoms with van der Waals surface area (Å²) in [5, 5.41) is 3.96. The topological polar surface area (TPSA) is 15.3 Å². The second-order valence-corrected chi connectivity index (χ2v) is 7.56. The van der Waals surface area contributed by atoms with Crippen LogP contribution in [-0.4, -0.2) is 36.6 Å². The molecule has 1 heterocycles. The average molecular weight is 293 g/mol. The largest absolute Gasteiger partial charge is 0.311 e. The van der Waals surface area contributed by atoms with Gasteiger partial charge in [0.05, 0.1) is 0 Å². The van der Waals surface area contributed by atoms with Gasteiger partial charge in [-0.25, -0.2) is 0 Å². The van der Waals surface area contributed by atoms with Gasteiger partial charge in [-0.3, -0.25) is 4.90 Å². The molecule has 0 aromatic rings. The fourth-order valence-corrected chi connectivity index (χ4v) is 3.91. The predicted octanol–water partition coefficient (Wildman–Crippen LogP) is 4.37. The predicted molar refractivity (Wildman–Crippen MR) is 92.7 cm³/mol. The van der Waals surface area contributed by atoms with E-state index in [1.165, 1.54) is 70.0 Å². The van der Waals surface area contributed by atoms with Crippen LogP contribution in [0.2, 0.25) is 0 Å². The number of nitrogens with zero attached hydrogens (tertiary/aromatic N) is 1. The van der Waals surface area contributed by atoms with Gasteiger partial charge in [0.1, 0.15) is 0 Å². The Morgan fingerprint density at radius 3 is 2.24 bits per heavy atom. The van der Waals surface area contributed by atoms with Gasteiger partial charge in [-0.05, 0) is 65.5 Å². The lowest BCUT2D eigenvalue weighted by Gasteiger charge is -2.35. The van der Waals surface area contributed by atoms with Crippen molar-refractivity contribution in [2.45, 2.75) is 84.2 Å². The van der Waals surface area contributed by atoms with Gasteiger partial charge < -0.3 is 5.32 Å². The average Bonchev–Trinajstić information content (AvgIpc) is 2.75. The molecule has 1 saturated carbocycles. The van der Waals surface area contributed by atoms with Gasteiger partial charge >= 0.3 is 0 Å². The van der Waals surface area contributed by atoms with Crippen molar-refractivity contribution >= 4 is 0 Å². The van der Waals surface area contributed by atoms with Crippen LogP contribution in [0.4, 0.5) is 0 Å². The highest BCUT2D eigenvalue weighted by molar-refractivity contribution is 4.96. The Morgan fingerprint density at radius 1 is 1.05 bits per heavy atom. The standard InChI is InChI=1S/C19H36N2/c1-16(2)10-13-21-14-11-19(12-15-21)20-17(3)18-8-6-4-5-7-9-18/h10,17-20H,4-9,11-15H2,1-3H3/t17-/m1/s1. The molecule has 0 spiro atoms. The lowest BCUT2D eigenvalue weighted by Crippen LogP contribution is -2.47. The lowest BCUT2D eigenvalue weighted by molar-refractivity contribution is 0.194. The van der Waals surface area contributed by atoms with Crippen molar-refractivity contribution in [3.63, 3.8) is 0 Å². The zero-order valence-electron chi connectivity index (χ0n) is 14.5. The van der Waals surface area contributed by atoms with Crippen molar-refractivity contribution in [1.82, 2.24) is 10.2 Å². The number of rotatable bonds is 5. The van der Waals surface area contributed by atoms with Crippen LogP contribution in [0.5, 0.6) is 0 Å². The molecule has 2 heteroatoms. The molecule has 2 fully saturated rings. The number of allylic oxidation sites excluding steroid dienone is 1. The molecule has 1 aliphatic heterocycles. The molecule has 0 amide bonds. The van der Waals surface area contributed by atoms with E-state index >= 15 is 0 Å². The third kappa shape index (κ3) is 6.12. The minimum Gasteiger partial charge on any atom is -0.311 e.